The van der Waals surface area contributed by atoms with Crippen LogP contribution in [0.15, 0.2) is 48.5 Å². The maximum Gasteiger partial charge on any atom is 0.137 e. The summed E-state index contributed by atoms with van der Waals surface area (Å²) in [5.41, 5.74) is 6.96. The molecule has 4 heteroatoms. The summed E-state index contributed by atoms with van der Waals surface area (Å²) in [6.07, 6.45) is 1.76. The highest BCUT2D eigenvalue weighted by molar-refractivity contribution is 7.80. The van der Waals surface area contributed by atoms with Crippen molar-refractivity contribution in [1.82, 2.24) is 0 Å². The first-order valence-corrected chi connectivity index (χ1v) is 6.84. The molecule has 0 atom stereocenters. The molecule has 2 rings (SSSR count). The van der Waals surface area contributed by atoms with Crippen LogP contribution in [0, 0.1) is 5.82 Å². The largest absolute Gasteiger partial charge is 0.493 e. The number of benzene rings is 2. The van der Waals surface area contributed by atoms with Gasteiger partial charge in [-0.2, -0.15) is 0 Å². The summed E-state index contributed by atoms with van der Waals surface area (Å²) < 4.78 is 19.2. The number of ether oxygens (including phenoxy) is 1. The molecule has 0 saturated heterocycles. The summed E-state index contributed by atoms with van der Waals surface area (Å²) in [7, 11) is 0. The van der Waals surface area contributed by atoms with E-state index in [0.717, 1.165) is 12.8 Å². The van der Waals surface area contributed by atoms with Gasteiger partial charge in [0, 0.05) is 0 Å². The molecule has 0 unspecified atom stereocenters. The maximum absolute atomic E-state index is 13.6. The summed E-state index contributed by atoms with van der Waals surface area (Å²) in [5, 5.41) is 0. The number of rotatable bonds is 6. The van der Waals surface area contributed by atoms with Crippen LogP contribution in [0.4, 0.5) is 4.39 Å². The molecule has 2 aromatic carbocycles. The van der Waals surface area contributed by atoms with Gasteiger partial charge in [-0.3, -0.25) is 0 Å². The van der Waals surface area contributed by atoms with E-state index in [0.29, 0.717) is 12.4 Å². The van der Waals surface area contributed by atoms with Crippen molar-refractivity contribution in [2.45, 2.75) is 12.8 Å². The van der Waals surface area contributed by atoms with E-state index in [-0.39, 0.29) is 10.6 Å². The Bertz CT molecular complexity index is 586. The summed E-state index contributed by atoms with van der Waals surface area (Å²) in [5.74, 6) is -0.0383. The highest BCUT2D eigenvalue weighted by Crippen LogP contribution is 2.21. The van der Waals surface area contributed by atoms with Crippen molar-refractivity contribution in [2.24, 2.45) is 5.73 Å². The number of nitrogens with two attached hydrogens (primary N) is 1. The molecule has 2 aromatic rings. The standard InChI is InChI=1S/C16H16FNOS/c17-13-9-4-10-14(15(13)16(18)20)19-11-5-8-12-6-2-1-3-7-12/h1-4,6-7,9-10H,5,8,11H2,(H2,18,20). The summed E-state index contributed by atoms with van der Waals surface area (Å²) >= 11 is 4.85. The Morgan fingerprint density at radius 1 is 1.10 bits per heavy atom. The van der Waals surface area contributed by atoms with Gasteiger partial charge >= 0.3 is 0 Å². The van der Waals surface area contributed by atoms with Crippen molar-refractivity contribution >= 4 is 17.2 Å². The predicted molar refractivity (Wildman–Crippen MR) is 82.5 cm³/mol. The Kier molecular flexibility index (Phi) is 5.07. The van der Waals surface area contributed by atoms with Crippen LogP contribution >= 0.6 is 12.2 Å². The lowest BCUT2D eigenvalue weighted by Crippen LogP contribution is -2.14. The molecule has 0 spiro atoms. The third-order valence-electron chi connectivity index (χ3n) is 2.93. The summed E-state index contributed by atoms with van der Waals surface area (Å²) in [6.45, 7) is 0.494. The molecule has 0 aliphatic heterocycles. The Labute approximate surface area is 123 Å². The molecular formula is C16H16FNOS. The minimum absolute atomic E-state index is 0.0150. The Morgan fingerprint density at radius 3 is 2.55 bits per heavy atom. The number of hydrogen-bond acceptors (Lipinski definition) is 2. The van der Waals surface area contributed by atoms with Gasteiger partial charge in [0.1, 0.15) is 16.6 Å². The molecule has 0 aromatic heterocycles. The van der Waals surface area contributed by atoms with E-state index >= 15 is 0 Å². The molecule has 20 heavy (non-hydrogen) atoms. The van der Waals surface area contributed by atoms with E-state index in [1.807, 2.05) is 18.2 Å². The van der Waals surface area contributed by atoms with Crippen molar-refractivity contribution in [1.29, 1.82) is 0 Å². The van der Waals surface area contributed by atoms with Crippen LogP contribution in [0.2, 0.25) is 0 Å². The first-order chi connectivity index (χ1) is 9.68. The van der Waals surface area contributed by atoms with Crippen LogP contribution in [-0.2, 0) is 6.42 Å². The van der Waals surface area contributed by atoms with Crippen molar-refractivity contribution in [3.63, 3.8) is 0 Å². The van der Waals surface area contributed by atoms with Crippen LogP contribution in [-0.4, -0.2) is 11.6 Å². The van der Waals surface area contributed by atoms with Crippen LogP contribution in [0.1, 0.15) is 17.5 Å². The number of thiocarbonyl (C=S) groups is 1. The molecule has 104 valence electrons. The minimum Gasteiger partial charge on any atom is -0.493 e. The average molecular weight is 289 g/mol. The van der Waals surface area contributed by atoms with Gasteiger partial charge in [0.25, 0.3) is 0 Å². The first-order valence-electron chi connectivity index (χ1n) is 6.43. The zero-order valence-corrected chi connectivity index (χ0v) is 11.8. The lowest BCUT2D eigenvalue weighted by Gasteiger charge is -2.11. The van der Waals surface area contributed by atoms with Gasteiger partial charge in [0.2, 0.25) is 0 Å². The molecule has 0 fully saturated rings. The second-order valence-corrected chi connectivity index (χ2v) is 4.85. The Hall–Kier alpha value is -1.94. The molecule has 0 bridgehead atoms. The number of hydrogen-bond donors (Lipinski definition) is 1. The lowest BCUT2D eigenvalue weighted by molar-refractivity contribution is 0.309. The van der Waals surface area contributed by atoms with E-state index in [9.17, 15) is 4.39 Å². The topological polar surface area (TPSA) is 35.2 Å². The Balaban J connectivity index is 1.92. The van der Waals surface area contributed by atoms with E-state index in [2.05, 4.69) is 12.1 Å². The van der Waals surface area contributed by atoms with Crippen molar-refractivity contribution in [3.8, 4) is 5.75 Å². The SMILES string of the molecule is NC(=S)c1c(F)cccc1OCCCc1ccccc1. The lowest BCUT2D eigenvalue weighted by atomic mass is 10.1. The van der Waals surface area contributed by atoms with Gasteiger partial charge < -0.3 is 10.5 Å². The molecule has 0 aliphatic rings. The van der Waals surface area contributed by atoms with E-state index in [1.165, 1.54) is 11.6 Å². The molecule has 2 N–H and O–H groups in total. The van der Waals surface area contributed by atoms with Gasteiger partial charge in [-0.05, 0) is 30.5 Å². The molecule has 0 amide bonds. The average Bonchev–Trinajstić information content (AvgIpc) is 2.44. The molecule has 0 heterocycles. The van der Waals surface area contributed by atoms with Crippen LogP contribution in [0.5, 0.6) is 5.75 Å². The van der Waals surface area contributed by atoms with Crippen LogP contribution in [0.25, 0.3) is 0 Å². The second kappa shape index (κ2) is 7.01. The fraction of sp³-hybridized carbons (Fsp3) is 0.188. The van der Waals surface area contributed by atoms with Crippen molar-refractivity contribution in [2.75, 3.05) is 6.61 Å². The van der Waals surface area contributed by atoms with Gasteiger partial charge in [-0.25, -0.2) is 4.39 Å². The fourth-order valence-corrected chi connectivity index (χ4v) is 2.16. The van der Waals surface area contributed by atoms with E-state index < -0.39 is 5.82 Å². The van der Waals surface area contributed by atoms with Crippen molar-refractivity contribution < 1.29 is 9.13 Å². The molecular weight excluding hydrogens is 273 g/mol. The summed E-state index contributed by atoms with van der Waals surface area (Å²) in [6, 6.07) is 14.7. The first kappa shape index (κ1) is 14.5. The quantitative estimate of drug-likeness (QED) is 0.653. The van der Waals surface area contributed by atoms with Gasteiger partial charge in [0.15, 0.2) is 0 Å². The van der Waals surface area contributed by atoms with E-state index in [4.69, 9.17) is 22.7 Å². The molecule has 2 nitrogen and oxygen atoms in total. The van der Waals surface area contributed by atoms with Gasteiger partial charge in [-0.1, -0.05) is 48.6 Å². The Morgan fingerprint density at radius 2 is 1.85 bits per heavy atom. The van der Waals surface area contributed by atoms with Crippen LogP contribution < -0.4 is 10.5 Å². The third kappa shape index (κ3) is 3.78. The van der Waals surface area contributed by atoms with E-state index in [1.54, 1.807) is 12.1 Å². The highest BCUT2D eigenvalue weighted by Gasteiger charge is 2.11. The zero-order valence-electron chi connectivity index (χ0n) is 11.0. The molecule has 0 saturated carbocycles. The monoisotopic (exact) mass is 289 g/mol. The molecule has 0 radical (unpaired) electrons. The fourth-order valence-electron chi connectivity index (χ4n) is 1.97. The predicted octanol–water partition coefficient (Wildman–Crippen LogP) is 3.47. The van der Waals surface area contributed by atoms with Gasteiger partial charge in [0.05, 0.1) is 12.2 Å². The van der Waals surface area contributed by atoms with Gasteiger partial charge in [-0.15, -0.1) is 0 Å². The number of halogens is 1. The highest BCUT2D eigenvalue weighted by atomic mass is 32.1. The van der Waals surface area contributed by atoms with Crippen LogP contribution in [0.3, 0.4) is 0 Å². The number of aryl methyl sites for hydroxylation is 1. The second-order valence-electron chi connectivity index (χ2n) is 4.41. The van der Waals surface area contributed by atoms with Crippen molar-refractivity contribution in [3.05, 3.63) is 65.5 Å². The molecule has 0 aliphatic carbocycles. The zero-order chi connectivity index (χ0) is 14.4. The summed E-state index contributed by atoms with van der Waals surface area (Å²) in [4.78, 5) is 0.0150. The third-order valence-corrected chi connectivity index (χ3v) is 3.14. The smallest absolute Gasteiger partial charge is 0.137 e. The normalized spacial score (nSPS) is 10.2. The minimum atomic E-state index is -0.446. The maximum atomic E-state index is 13.6.